The van der Waals surface area contributed by atoms with Gasteiger partial charge in [-0.3, -0.25) is 0 Å². The zero-order valence-electron chi connectivity index (χ0n) is 20.8. The zero-order valence-corrected chi connectivity index (χ0v) is 20.8. The van der Waals surface area contributed by atoms with Gasteiger partial charge in [0.05, 0.1) is 23.8 Å². The number of nitrogens with one attached hydrogen (secondary N) is 1. The second kappa shape index (κ2) is 12.5. The molecule has 37 heavy (non-hydrogen) atoms. The van der Waals surface area contributed by atoms with Crippen LogP contribution in [0, 0.1) is 6.92 Å². The number of aldehydes is 1. The molecule has 5 nitrogen and oxygen atoms in total. The van der Waals surface area contributed by atoms with E-state index in [-0.39, 0.29) is 26.1 Å². The Kier molecular flexibility index (Phi) is 9.47. The van der Waals surface area contributed by atoms with Gasteiger partial charge in [-0.2, -0.15) is 13.2 Å². The number of amides is 1. The van der Waals surface area contributed by atoms with Gasteiger partial charge in [0.25, 0.3) is 0 Å². The average Bonchev–Trinajstić information content (AvgIpc) is 2.89. The van der Waals surface area contributed by atoms with E-state index in [4.69, 9.17) is 9.47 Å². The van der Waals surface area contributed by atoms with Crippen LogP contribution in [-0.4, -0.2) is 19.0 Å². The highest BCUT2D eigenvalue weighted by atomic mass is 19.4. The summed E-state index contributed by atoms with van der Waals surface area (Å²) >= 11 is 0. The molecular weight excluding hydrogens is 483 g/mol. The van der Waals surface area contributed by atoms with Crippen LogP contribution in [-0.2, 0) is 32.6 Å². The van der Waals surface area contributed by atoms with Crippen molar-refractivity contribution in [1.29, 1.82) is 0 Å². The Morgan fingerprint density at radius 2 is 1.62 bits per heavy atom. The summed E-state index contributed by atoms with van der Waals surface area (Å²) in [5.74, 6) is 0. The van der Waals surface area contributed by atoms with Gasteiger partial charge in [-0.1, -0.05) is 72.3 Å². The smallest absolute Gasteiger partial charge is 0.416 e. The molecule has 2 atom stereocenters. The number of alkyl carbamates (subject to hydrolysis) is 1. The molecule has 3 aromatic rings. The molecule has 0 aromatic heterocycles. The lowest BCUT2D eigenvalue weighted by Crippen LogP contribution is -2.49. The van der Waals surface area contributed by atoms with Gasteiger partial charge in [-0.15, -0.1) is 0 Å². The lowest BCUT2D eigenvalue weighted by Gasteiger charge is -2.35. The van der Waals surface area contributed by atoms with Crippen LogP contribution in [0.2, 0.25) is 0 Å². The van der Waals surface area contributed by atoms with E-state index in [1.807, 2.05) is 36.4 Å². The summed E-state index contributed by atoms with van der Waals surface area (Å²) in [5.41, 5.74) is 0.396. The first kappa shape index (κ1) is 27.9. The van der Waals surface area contributed by atoms with Crippen molar-refractivity contribution in [3.8, 4) is 0 Å². The van der Waals surface area contributed by atoms with Crippen LogP contribution >= 0.6 is 0 Å². The third kappa shape index (κ3) is 7.92. The minimum Gasteiger partial charge on any atom is -0.445 e. The third-order valence-electron chi connectivity index (χ3n) is 6.05. The van der Waals surface area contributed by atoms with Crippen LogP contribution in [0.4, 0.5) is 18.0 Å². The number of hydrogen-bond donors (Lipinski definition) is 1. The van der Waals surface area contributed by atoms with Crippen molar-refractivity contribution < 1.29 is 32.2 Å². The molecule has 0 radical (unpaired) electrons. The zero-order chi connectivity index (χ0) is 26.9. The van der Waals surface area contributed by atoms with Crippen LogP contribution in [0.25, 0.3) is 0 Å². The van der Waals surface area contributed by atoms with E-state index in [0.717, 1.165) is 24.0 Å². The Hall–Kier alpha value is -3.65. The van der Waals surface area contributed by atoms with Crippen LogP contribution < -0.4 is 5.32 Å². The van der Waals surface area contributed by atoms with Gasteiger partial charge in [-0.05, 0) is 49.1 Å². The standard InChI is InChI=1S/C29H30F3NO4/c1-21-16-24(18-26(17-21)29(30,31)32)22(2)37-20-28(14-9-15-34,25-12-7-4-8-13-25)33-27(35)36-19-23-10-5-3-6-11-23/h3-8,10-13,15-18,22H,9,14,19-20H2,1-2H3,(H,33,35)/t22-,28-/m1/s1. The molecule has 0 aliphatic carbocycles. The fraction of sp³-hybridized carbons (Fsp3) is 0.310. The minimum atomic E-state index is -4.48. The van der Waals surface area contributed by atoms with Gasteiger partial charge in [0.15, 0.2) is 0 Å². The molecule has 0 spiro atoms. The van der Waals surface area contributed by atoms with Crippen molar-refractivity contribution >= 4 is 12.4 Å². The summed E-state index contributed by atoms with van der Waals surface area (Å²) in [6, 6.07) is 21.9. The second-order valence-electron chi connectivity index (χ2n) is 8.92. The Bertz CT molecular complexity index is 1170. The summed E-state index contributed by atoms with van der Waals surface area (Å²) in [4.78, 5) is 24.2. The molecule has 1 amide bonds. The normalized spacial score (nSPS) is 13.9. The summed E-state index contributed by atoms with van der Waals surface area (Å²) < 4.78 is 51.6. The first-order valence-corrected chi connectivity index (χ1v) is 11.9. The number of aryl methyl sites for hydroxylation is 1. The molecule has 0 bridgehead atoms. The maximum Gasteiger partial charge on any atom is 0.416 e. The van der Waals surface area contributed by atoms with E-state index >= 15 is 0 Å². The SMILES string of the molecule is Cc1cc([C@@H](C)OC[C@@](CCC=O)(NC(=O)OCc2ccccc2)c2ccccc2)cc(C(F)(F)F)c1. The quantitative estimate of drug-likeness (QED) is 0.284. The lowest BCUT2D eigenvalue weighted by atomic mass is 9.86. The summed E-state index contributed by atoms with van der Waals surface area (Å²) in [6.07, 6.45) is -4.84. The van der Waals surface area contributed by atoms with Crippen LogP contribution in [0.5, 0.6) is 0 Å². The number of hydrogen-bond acceptors (Lipinski definition) is 4. The minimum absolute atomic E-state index is 0.0476. The van der Waals surface area contributed by atoms with Gasteiger partial charge in [0.1, 0.15) is 12.9 Å². The first-order valence-electron chi connectivity index (χ1n) is 11.9. The van der Waals surface area contributed by atoms with Gasteiger partial charge in [0, 0.05) is 6.42 Å². The Morgan fingerprint density at radius 1 is 0.973 bits per heavy atom. The molecular formula is C29H30F3NO4. The summed E-state index contributed by atoms with van der Waals surface area (Å²) in [5, 5.41) is 2.88. The van der Waals surface area contributed by atoms with Crippen molar-refractivity contribution in [2.24, 2.45) is 0 Å². The molecule has 0 aliphatic rings. The number of rotatable bonds is 11. The molecule has 0 unspecified atom stereocenters. The topological polar surface area (TPSA) is 64.6 Å². The molecule has 196 valence electrons. The lowest BCUT2D eigenvalue weighted by molar-refractivity contribution is -0.137. The van der Waals surface area contributed by atoms with Crippen molar-refractivity contribution in [2.45, 2.75) is 51.1 Å². The van der Waals surface area contributed by atoms with E-state index in [9.17, 15) is 22.8 Å². The molecule has 3 aromatic carbocycles. The Balaban J connectivity index is 1.85. The largest absolute Gasteiger partial charge is 0.445 e. The highest BCUT2D eigenvalue weighted by molar-refractivity contribution is 5.69. The predicted molar refractivity (Wildman–Crippen MR) is 134 cm³/mol. The van der Waals surface area contributed by atoms with Gasteiger partial charge < -0.3 is 19.6 Å². The molecule has 0 saturated carbocycles. The number of halogens is 3. The number of benzene rings is 3. The number of carbonyl (C=O) groups is 2. The third-order valence-corrected chi connectivity index (χ3v) is 6.05. The first-order chi connectivity index (χ1) is 17.6. The molecule has 1 N–H and O–H groups in total. The fourth-order valence-electron chi connectivity index (χ4n) is 4.06. The second-order valence-corrected chi connectivity index (χ2v) is 8.92. The number of ether oxygens (including phenoxy) is 2. The van der Waals surface area contributed by atoms with E-state index in [1.165, 1.54) is 0 Å². The number of alkyl halides is 3. The van der Waals surface area contributed by atoms with Gasteiger partial charge in [0.2, 0.25) is 0 Å². The van der Waals surface area contributed by atoms with Crippen LogP contribution in [0.3, 0.4) is 0 Å². The molecule has 0 aliphatic heterocycles. The highest BCUT2D eigenvalue weighted by Gasteiger charge is 2.36. The van der Waals surface area contributed by atoms with E-state index in [2.05, 4.69) is 5.32 Å². The molecule has 0 fully saturated rings. The molecule has 0 heterocycles. The van der Waals surface area contributed by atoms with E-state index in [0.29, 0.717) is 16.7 Å². The average molecular weight is 514 g/mol. The van der Waals surface area contributed by atoms with Crippen molar-refractivity contribution in [2.75, 3.05) is 6.61 Å². The summed E-state index contributed by atoms with van der Waals surface area (Å²) in [6.45, 7) is 3.19. The highest BCUT2D eigenvalue weighted by Crippen LogP contribution is 2.34. The van der Waals surface area contributed by atoms with Crippen molar-refractivity contribution in [3.05, 3.63) is 107 Å². The molecule has 8 heteroatoms. The van der Waals surface area contributed by atoms with Crippen LogP contribution in [0.1, 0.15) is 53.7 Å². The van der Waals surface area contributed by atoms with Crippen molar-refractivity contribution in [1.82, 2.24) is 5.32 Å². The van der Waals surface area contributed by atoms with Gasteiger partial charge in [-0.25, -0.2) is 4.79 Å². The maximum atomic E-state index is 13.4. The van der Waals surface area contributed by atoms with Gasteiger partial charge >= 0.3 is 12.3 Å². The fourth-order valence-corrected chi connectivity index (χ4v) is 4.06. The predicted octanol–water partition coefficient (Wildman–Crippen LogP) is 6.89. The van der Waals surface area contributed by atoms with Crippen LogP contribution in [0.15, 0.2) is 78.9 Å². The van der Waals surface area contributed by atoms with E-state index < -0.39 is 29.5 Å². The Labute approximate surface area is 214 Å². The van der Waals surface area contributed by atoms with Crippen molar-refractivity contribution in [3.63, 3.8) is 0 Å². The maximum absolute atomic E-state index is 13.4. The molecule has 3 rings (SSSR count). The monoisotopic (exact) mass is 513 g/mol. The van der Waals surface area contributed by atoms with E-state index in [1.54, 1.807) is 44.2 Å². The Morgan fingerprint density at radius 3 is 2.24 bits per heavy atom. The summed E-state index contributed by atoms with van der Waals surface area (Å²) in [7, 11) is 0. The molecule has 0 saturated heterocycles. The number of carbonyl (C=O) groups excluding carboxylic acids is 2.